The van der Waals surface area contributed by atoms with E-state index >= 15 is 0 Å². The molecule has 0 radical (unpaired) electrons. The van der Waals surface area contributed by atoms with Crippen molar-refractivity contribution < 1.29 is 0 Å². The van der Waals surface area contributed by atoms with Crippen molar-refractivity contribution in [1.29, 1.82) is 0 Å². The molecular weight excluding hydrogens is 224 g/mol. The predicted octanol–water partition coefficient (Wildman–Crippen LogP) is 2.53. The fourth-order valence-electron chi connectivity index (χ4n) is 1.79. The van der Waals surface area contributed by atoms with Gasteiger partial charge < -0.3 is 10.3 Å². The standard InChI is InChI=1S/C14H20N4/c1-10(2)6-16-7-12-8-17-14(18-12)13-9-15-5-4-11(13)3/h4-5,8-10,16H,6-7H2,1-3H3,(H,17,18). The van der Waals surface area contributed by atoms with Crippen LogP contribution >= 0.6 is 0 Å². The number of aromatic nitrogens is 3. The van der Waals surface area contributed by atoms with Gasteiger partial charge in [-0.3, -0.25) is 4.98 Å². The Kier molecular flexibility index (Phi) is 4.10. The van der Waals surface area contributed by atoms with E-state index < -0.39 is 0 Å². The number of pyridine rings is 1. The molecule has 2 aromatic rings. The quantitative estimate of drug-likeness (QED) is 0.849. The van der Waals surface area contributed by atoms with Crippen molar-refractivity contribution in [2.75, 3.05) is 6.54 Å². The first-order valence-electron chi connectivity index (χ1n) is 6.32. The molecule has 2 heterocycles. The molecule has 18 heavy (non-hydrogen) atoms. The first kappa shape index (κ1) is 12.8. The third-order valence-electron chi connectivity index (χ3n) is 2.79. The molecule has 96 valence electrons. The second-order valence-electron chi connectivity index (χ2n) is 4.97. The minimum Gasteiger partial charge on any atom is -0.341 e. The highest BCUT2D eigenvalue weighted by atomic mass is 15.0. The maximum Gasteiger partial charge on any atom is 0.139 e. The van der Waals surface area contributed by atoms with Gasteiger partial charge in [0.1, 0.15) is 5.82 Å². The molecule has 0 atom stereocenters. The molecule has 0 amide bonds. The molecule has 0 spiro atoms. The van der Waals surface area contributed by atoms with Gasteiger partial charge in [-0.25, -0.2) is 4.98 Å². The van der Waals surface area contributed by atoms with E-state index in [1.807, 2.05) is 18.5 Å². The van der Waals surface area contributed by atoms with E-state index in [0.29, 0.717) is 5.92 Å². The van der Waals surface area contributed by atoms with Gasteiger partial charge in [-0.05, 0) is 31.0 Å². The van der Waals surface area contributed by atoms with E-state index in [1.165, 1.54) is 5.56 Å². The summed E-state index contributed by atoms with van der Waals surface area (Å²) in [5.41, 5.74) is 3.35. The number of imidazole rings is 1. The fourth-order valence-corrected chi connectivity index (χ4v) is 1.79. The summed E-state index contributed by atoms with van der Waals surface area (Å²) in [4.78, 5) is 11.9. The van der Waals surface area contributed by atoms with E-state index in [0.717, 1.165) is 30.2 Å². The van der Waals surface area contributed by atoms with Crippen LogP contribution in [0.2, 0.25) is 0 Å². The molecule has 0 unspecified atom stereocenters. The summed E-state index contributed by atoms with van der Waals surface area (Å²) >= 11 is 0. The average molecular weight is 244 g/mol. The number of aryl methyl sites for hydroxylation is 1. The summed E-state index contributed by atoms with van der Waals surface area (Å²) in [7, 11) is 0. The summed E-state index contributed by atoms with van der Waals surface area (Å²) in [5.74, 6) is 1.55. The Bertz CT molecular complexity index is 502. The summed E-state index contributed by atoms with van der Waals surface area (Å²) in [6.07, 6.45) is 5.53. The lowest BCUT2D eigenvalue weighted by molar-refractivity contribution is 0.549. The SMILES string of the molecule is Cc1ccncc1-c1ncc(CNCC(C)C)[nH]1. The Morgan fingerprint density at radius 3 is 2.89 bits per heavy atom. The van der Waals surface area contributed by atoms with Crippen molar-refractivity contribution in [2.45, 2.75) is 27.3 Å². The van der Waals surface area contributed by atoms with Crippen LogP contribution in [0, 0.1) is 12.8 Å². The second-order valence-corrected chi connectivity index (χ2v) is 4.97. The van der Waals surface area contributed by atoms with Crippen LogP contribution in [0.3, 0.4) is 0 Å². The second kappa shape index (κ2) is 5.78. The monoisotopic (exact) mass is 244 g/mol. The summed E-state index contributed by atoms with van der Waals surface area (Å²) in [6.45, 7) is 8.30. The van der Waals surface area contributed by atoms with Crippen molar-refractivity contribution in [2.24, 2.45) is 5.92 Å². The Labute approximate surface area is 108 Å². The first-order chi connectivity index (χ1) is 8.66. The summed E-state index contributed by atoms with van der Waals surface area (Å²) < 4.78 is 0. The van der Waals surface area contributed by atoms with Gasteiger partial charge in [0.2, 0.25) is 0 Å². The number of hydrogen-bond donors (Lipinski definition) is 2. The lowest BCUT2D eigenvalue weighted by Crippen LogP contribution is -2.19. The average Bonchev–Trinajstić information content (AvgIpc) is 2.78. The van der Waals surface area contributed by atoms with Gasteiger partial charge in [-0.1, -0.05) is 13.8 Å². The highest BCUT2D eigenvalue weighted by Crippen LogP contribution is 2.18. The van der Waals surface area contributed by atoms with Crippen LogP contribution in [0.5, 0.6) is 0 Å². The maximum atomic E-state index is 4.41. The van der Waals surface area contributed by atoms with Crippen LogP contribution < -0.4 is 5.32 Å². The minimum atomic E-state index is 0.660. The Balaban J connectivity index is 2.04. The van der Waals surface area contributed by atoms with E-state index in [4.69, 9.17) is 0 Å². The molecule has 4 heteroatoms. The maximum absolute atomic E-state index is 4.41. The van der Waals surface area contributed by atoms with Crippen LogP contribution in [-0.2, 0) is 6.54 Å². The van der Waals surface area contributed by atoms with Gasteiger partial charge in [0.15, 0.2) is 0 Å². The fraction of sp³-hybridized carbons (Fsp3) is 0.429. The Morgan fingerprint density at radius 2 is 2.17 bits per heavy atom. The number of aromatic amines is 1. The zero-order valence-corrected chi connectivity index (χ0v) is 11.2. The van der Waals surface area contributed by atoms with Crippen LogP contribution in [-0.4, -0.2) is 21.5 Å². The van der Waals surface area contributed by atoms with Crippen LogP contribution in [0.4, 0.5) is 0 Å². The molecule has 2 rings (SSSR count). The predicted molar refractivity (Wildman–Crippen MR) is 73.1 cm³/mol. The highest BCUT2D eigenvalue weighted by molar-refractivity contribution is 5.58. The van der Waals surface area contributed by atoms with Crippen LogP contribution in [0.15, 0.2) is 24.7 Å². The third kappa shape index (κ3) is 3.17. The summed E-state index contributed by atoms with van der Waals surface area (Å²) in [5, 5.41) is 3.39. The molecule has 0 saturated heterocycles. The third-order valence-corrected chi connectivity index (χ3v) is 2.79. The van der Waals surface area contributed by atoms with Crippen LogP contribution in [0.1, 0.15) is 25.1 Å². The molecule has 2 N–H and O–H groups in total. The Hall–Kier alpha value is -1.68. The molecule has 4 nitrogen and oxygen atoms in total. The number of rotatable bonds is 5. The largest absolute Gasteiger partial charge is 0.341 e. The zero-order chi connectivity index (χ0) is 13.0. The number of H-pyrrole nitrogens is 1. The van der Waals surface area contributed by atoms with E-state index in [9.17, 15) is 0 Å². The normalized spacial score (nSPS) is 11.1. The molecule has 0 aliphatic heterocycles. The van der Waals surface area contributed by atoms with Crippen molar-refractivity contribution >= 4 is 0 Å². The van der Waals surface area contributed by atoms with Gasteiger partial charge in [-0.2, -0.15) is 0 Å². The lowest BCUT2D eigenvalue weighted by atomic mass is 10.1. The number of nitrogens with one attached hydrogen (secondary N) is 2. The van der Waals surface area contributed by atoms with E-state index in [-0.39, 0.29) is 0 Å². The van der Waals surface area contributed by atoms with Crippen molar-refractivity contribution in [3.63, 3.8) is 0 Å². The van der Waals surface area contributed by atoms with E-state index in [1.54, 1.807) is 6.20 Å². The summed E-state index contributed by atoms with van der Waals surface area (Å²) in [6, 6.07) is 1.99. The molecule has 0 aromatic carbocycles. The molecule has 0 aliphatic rings. The smallest absolute Gasteiger partial charge is 0.139 e. The number of hydrogen-bond acceptors (Lipinski definition) is 3. The lowest BCUT2D eigenvalue weighted by Gasteiger charge is -2.05. The van der Waals surface area contributed by atoms with E-state index in [2.05, 4.69) is 41.0 Å². The molecule has 2 aromatic heterocycles. The molecule has 0 fully saturated rings. The minimum absolute atomic E-state index is 0.660. The van der Waals surface area contributed by atoms with Gasteiger partial charge in [-0.15, -0.1) is 0 Å². The molecule has 0 aliphatic carbocycles. The van der Waals surface area contributed by atoms with Crippen molar-refractivity contribution in [3.8, 4) is 11.4 Å². The zero-order valence-electron chi connectivity index (χ0n) is 11.2. The van der Waals surface area contributed by atoms with Gasteiger partial charge in [0.05, 0.1) is 0 Å². The van der Waals surface area contributed by atoms with Crippen molar-refractivity contribution in [3.05, 3.63) is 35.9 Å². The molecule has 0 saturated carbocycles. The van der Waals surface area contributed by atoms with Crippen molar-refractivity contribution in [1.82, 2.24) is 20.3 Å². The van der Waals surface area contributed by atoms with Crippen LogP contribution in [0.25, 0.3) is 11.4 Å². The first-order valence-corrected chi connectivity index (χ1v) is 6.32. The molecular formula is C14H20N4. The number of nitrogens with zero attached hydrogens (tertiary/aromatic N) is 2. The van der Waals surface area contributed by atoms with Gasteiger partial charge in [0, 0.05) is 36.4 Å². The van der Waals surface area contributed by atoms with Gasteiger partial charge in [0.25, 0.3) is 0 Å². The van der Waals surface area contributed by atoms with Gasteiger partial charge >= 0.3 is 0 Å². The Morgan fingerprint density at radius 1 is 1.33 bits per heavy atom. The highest BCUT2D eigenvalue weighted by Gasteiger charge is 2.06. The topological polar surface area (TPSA) is 53.6 Å². The molecule has 0 bridgehead atoms.